The molecule has 0 amide bonds. The van der Waals surface area contributed by atoms with Crippen molar-refractivity contribution in [2.75, 3.05) is 38.2 Å². The van der Waals surface area contributed by atoms with E-state index in [1.165, 1.54) is 11.3 Å². The highest BCUT2D eigenvalue weighted by molar-refractivity contribution is 5.57. The van der Waals surface area contributed by atoms with Gasteiger partial charge in [0.05, 0.1) is 7.11 Å². The Hall–Kier alpha value is -2.92. The fourth-order valence-electron chi connectivity index (χ4n) is 4.36. The Morgan fingerprint density at radius 3 is 2.52 bits per heavy atom. The molecule has 2 aromatic carbocycles. The summed E-state index contributed by atoms with van der Waals surface area (Å²) in [5.74, 6) is 0.496. The molecule has 0 bridgehead atoms. The summed E-state index contributed by atoms with van der Waals surface area (Å²) >= 11 is 0. The summed E-state index contributed by atoms with van der Waals surface area (Å²) in [4.78, 5) is 6.57. The zero-order valence-electron chi connectivity index (χ0n) is 18.3. The molecule has 1 saturated heterocycles. The van der Waals surface area contributed by atoms with Crippen molar-refractivity contribution in [1.82, 2.24) is 10.3 Å². The van der Waals surface area contributed by atoms with E-state index in [1.54, 1.807) is 13.3 Å². The Labute approximate surface area is 184 Å². The van der Waals surface area contributed by atoms with Crippen LogP contribution < -0.4 is 15.0 Å². The third-order valence-corrected chi connectivity index (χ3v) is 6.06. The van der Waals surface area contributed by atoms with E-state index >= 15 is 4.39 Å². The molecule has 0 spiro atoms. The molecule has 1 aromatic heterocycles. The molecular weight excluding hydrogens is 389 g/mol. The van der Waals surface area contributed by atoms with E-state index in [0.717, 1.165) is 38.2 Å². The average molecular weight is 420 g/mol. The number of piperazine rings is 1. The number of aryl methyl sites for hydroxylation is 1. The van der Waals surface area contributed by atoms with Gasteiger partial charge in [0.1, 0.15) is 0 Å². The van der Waals surface area contributed by atoms with Crippen molar-refractivity contribution >= 4 is 5.69 Å². The van der Waals surface area contributed by atoms with Crippen LogP contribution in [0.15, 0.2) is 66.9 Å². The number of ether oxygens (including phenoxy) is 1. The summed E-state index contributed by atoms with van der Waals surface area (Å²) in [5.41, 5.74) is 2.94. The summed E-state index contributed by atoms with van der Waals surface area (Å²) in [7, 11) is 1.58. The molecule has 4 rings (SSSR count). The van der Waals surface area contributed by atoms with Gasteiger partial charge in [-0.3, -0.25) is 0 Å². The van der Waals surface area contributed by atoms with Gasteiger partial charge in [0.25, 0.3) is 0 Å². The molecule has 31 heavy (non-hydrogen) atoms. The first-order chi connectivity index (χ1) is 15.1. The molecule has 2 heterocycles. The first-order valence-electron chi connectivity index (χ1n) is 11.0. The number of methoxy groups -OCH3 is 1. The molecule has 3 aromatic rings. The highest BCUT2D eigenvalue weighted by atomic mass is 19.1. The van der Waals surface area contributed by atoms with E-state index in [-0.39, 0.29) is 6.42 Å². The Morgan fingerprint density at radius 2 is 1.81 bits per heavy atom. The molecule has 1 fully saturated rings. The van der Waals surface area contributed by atoms with Gasteiger partial charge in [-0.15, -0.1) is 0 Å². The number of alkyl halides is 1. The maximum absolute atomic E-state index is 17.0. The maximum Gasteiger partial charge on any atom is 0.213 e. The smallest absolute Gasteiger partial charge is 0.213 e. The first-order valence-corrected chi connectivity index (χ1v) is 11.0. The van der Waals surface area contributed by atoms with Crippen molar-refractivity contribution in [2.24, 2.45) is 0 Å². The second-order valence-electron chi connectivity index (χ2n) is 7.98. The highest BCUT2D eigenvalue weighted by Gasteiger charge is 2.35. The summed E-state index contributed by atoms with van der Waals surface area (Å²) in [6.45, 7) is 6.05. The van der Waals surface area contributed by atoms with Crippen LogP contribution in [-0.4, -0.2) is 38.3 Å². The highest BCUT2D eigenvalue weighted by Crippen LogP contribution is 2.39. The van der Waals surface area contributed by atoms with E-state index in [0.29, 0.717) is 17.0 Å². The van der Waals surface area contributed by atoms with Gasteiger partial charge in [0.2, 0.25) is 5.88 Å². The monoisotopic (exact) mass is 419 g/mol. The fraction of sp³-hybridized carbons (Fsp3) is 0.346. The number of halogens is 1. The number of nitrogens with zero attached hydrogens (tertiary/aromatic N) is 2. The summed E-state index contributed by atoms with van der Waals surface area (Å²) < 4.78 is 22.2. The van der Waals surface area contributed by atoms with Crippen LogP contribution in [-0.2, 0) is 18.5 Å². The number of aromatic nitrogens is 1. The third-order valence-electron chi connectivity index (χ3n) is 6.06. The van der Waals surface area contributed by atoms with Gasteiger partial charge in [-0.05, 0) is 40.8 Å². The number of anilines is 1. The van der Waals surface area contributed by atoms with E-state index in [1.807, 2.05) is 48.5 Å². The van der Waals surface area contributed by atoms with Crippen LogP contribution in [0.2, 0.25) is 0 Å². The fourth-order valence-corrected chi connectivity index (χ4v) is 4.36. The number of nitrogens with one attached hydrogen (secondary N) is 1. The van der Waals surface area contributed by atoms with Crippen LogP contribution in [0.4, 0.5) is 10.1 Å². The molecule has 1 unspecified atom stereocenters. The van der Waals surface area contributed by atoms with Crippen LogP contribution in [0.25, 0.3) is 0 Å². The van der Waals surface area contributed by atoms with Crippen molar-refractivity contribution in [3.05, 3.63) is 89.1 Å². The van der Waals surface area contributed by atoms with Gasteiger partial charge in [0, 0.05) is 50.6 Å². The van der Waals surface area contributed by atoms with Crippen molar-refractivity contribution in [1.29, 1.82) is 0 Å². The number of pyridine rings is 1. The molecule has 4 nitrogen and oxygen atoms in total. The maximum atomic E-state index is 17.0. The molecule has 162 valence electrons. The van der Waals surface area contributed by atoms with E-state index in [4.69, 9.17) is 4.74 Å². The number of hydrogen-bond donors (Lipinski definition) is 1. The van der Waals surface area contributed by atoms with Gasteiger partial charge in [-0.1, -0.05) is 49.4 Å². The zero-order valence-corrected chi connectivity index (χ0v) is 18.3. The Kier molecular flexibility index (Phi) is 6.52. The average Bonchev–Trinajstić information content (AvgIpc) is 2.84. The topological polar surface area (TPSA) is 37.4 Å². The largest absolute Gasteiger partial charge is 0.481 e. The van der Waals surface area contributed by atoms with Crippen molar-refractivity contribution in [3.8, 4) is 5.88 Å². The quantitative estimate of drug-likeness (QED) is 0.611. The molecule has 1 atom stereocenters. The number of rotatable bonds is 7. The lowest BCUT2D eigenvalue weighted by molar-refractivity contribution is 0.221. The van der Waals surface area contributed by atoms with Crippen LogP contribution in [0, 0.1) is 0 Å². The molecule has 5 heteroatoms. The molecule has 1 N–H and O–H groups in total. The normalized spacial score (nSPS) is 16.0. The van der Waals surface area contributed by atoms with Gasteiger partial charge < -0.3 is 15.0 Å². The van der Waals surface area contributed by atoms with Crippen molar-refractivity contribution < 1.29 is 9.13 Å². The minimum Gasteiger partial charge on any atom is -0.481 e. The molecule has 1 aliphatic rings. The standard InChI is InChI=1S/C26H30FN3O/c1-3-21-18-23(9-10-24(21)30-15-13-28-14-16-30)26(27,22-7-5-4-6-8-22)19-20-11-12-29-25(17-20)31-2/h4-12,17-18,28H,3,13-16,19H2,1-2H3. The second kappa shape index (κ2) is 9.48. The molecule has 0 aliphatic carbocycles. The Balaban J connectivity index is 1.76. The zero-order chi connectivity index (χ0) is 21.7. The lowest BCUT2D eigenvalue weighted by Gasteiger charge is -2.33. The minimum atomic E-state index is -1.65. The van der Waals surface area contributed by atoms with E-state index in [2.05, 4.69) is 34.3 Å². The van der Waals surface area contributed by atoms with Crippen LogP contribution in [0.5, 0.6) is 5.88 Å². The molecule has 1 aliphatic heterocycles. The lowest BCUT2D eigenvalue weighted by Crippen LogP contribution is -2.44. The van der Waals surface area contributed by atoms with Gasteiger partial charge in [0.15, 0.2) is 5.67 Å². The van der Waals surface area contributed by atoms with Crippen LogP contribution >= 0.6 is 0 Å². The molecule has 0 saturated carbocycles. The predicted molar refractivity (Wildman–Crippen MR) is 124 cm³/mol. The predicted octanol–water partition coefficient (Wildman–Crippen LogP) is 4.52. The molecule has 0 radical (unpaired) electrons. The second-order valence-corrected chi connectivity index (χ2v) is 7.98. The summed E-state index contributed by atoms with van der Waals surface area (Å²) in [6.07, 6.45) is 2.75. The van der Waals surface area contributed by atoms with E-state index in [9.17, 15) is 0 Å². The third kappa shape index (κ3) is 4.57. The van der Waals surface area contributed by atoms with E-state index < -0.39 is 5.67 Å². The summed E-state index contributed by atoms with van der Waals surface area (Å²) in [6, 6.07) is 19.2. The first kappa shape index (κ1) is 21.3. The summed E-state index contributed by atoms with van der Waals surface area (Å²) in [5, 5.41) is 3.40. The number of hydrogen-bond acceptors (Lipinski definition) is 4. The van der Waals surface area contributed by atoms with Crippen LogP contribution in [0.3, 0.4) is 0 Å². The minimum absolute atomic E-state index is 0.214. The van der Waals surface area contributed by atoms with Gasteiger partial charge in [-0.2, -0.15) is 0 Å². The van der Waals surface area contributed by atoms with Gasteiger partial charge >= 0.3 is 0 Å². The van der Waals surface area contributed by atoms with Crippen LogP contribution in [0.1, 0.15) is 29.2 Å². The molecular formula is C26H30FN3O. The Bertz CT molecular complexity index is 1000. The number of benzene rings is 2. The van der Waals surface area contributed by atoms with Gasteiger partial charge in [-0.25, -0.2) is 9.37 Å². The SMILES string of the molecule is CCc1cc(C(F)(Cc2ccnc(OC)c2)c2ccccc2)ccc1N1CCNCC1. The van der Waals surface area contributed by atoms with Crippen molar-refractivity contribution in [2.45, 2.75) is 25.4 Å². The van der Waals surface area contributed by atoms with Crippen molar-refractivity contribution in [3.63, 3.8) is 0 Å². The Morgan fingerprint density at radius 1 is 1.03 bits per heavy atom. The lowest BCUT2D eigenvalue weighted by atomic mass is 9.82.